The first kappa shape index (κ1) is 21.0. The third-order valence-corrected chi connectivity index (χ3v) is 5.68. The zero-order valence-electron chi connectivity index (χ0n) is 17.2. The molecular formula is C21H26N4O3S. The molecule has 0 saturated carbocycles. The molecule has 3 rings (SSSR count). The Balaban J connectivity index is 2.05. The van der Waals surface area contributed by atoms with Gasteiger partial charge in [0.15, 0.2) is 10.5 Å². The van der Waals surface area contributed by atoms with Gasteiger partial charge in [0.25, 0.3) is 5.91 Å². The SMILES string of the molecule is CCCCc1ccc2c(c1)sc(=NC(=O)c1ccn(C(C)C)n1)n2CC(=O)OC. The lowest BCUT2D eigenvalue weighted by Gasteiger charge is -2.05. The number of amides is 1. The highest BCUT2D eigenvalue weighted by Crippen LogP contribution is 2.21. The van der Waals surface area contributed by atoms with E-state index in [1.165, 1.54) is 24.0 Å². The van der Waals surface area contributed by atoms with Crippen molar-refractivity contribution in [3.05, 3.63) is 46.5 Å². The second-order valence-electron chi connectivity index (χ2n) is 7.14. The first-order valence-electron chi connectivity index (χ1n) is 9.76. The third-order valence-electron chi connectivity index (χ3n) is 4.63. The fourth-order valence-corrected chi connectivity index (χ4v) is 4.06. The molecule has 154 valence electrons. The lowest BCUT2D eigenvalue weighted by molar-refractivity contribution is -0.141. The summed E-state index contributed by atoms with van der Waals surface area (Å²) in [6, 6.07) is 7.98. The molecule has 0 unspecified atom stereocenters. The van der Waals surface area contributed by atoms with Crippen LogP contribution in [0.5, 0.6) is 0 Å². The third kappa shape index (κ3) is 4.82. The van der Waals surface area contributed by atoms with E-state index in [0.29, 0.717) is 4.80 Å². The fourth-order valence-electron chi connectivity index (χ4n) is 2.97. The number of aromatic nitrogens is 3. The summed E-state index contributed by atoms with van der Waals surface area (Å²) in [4.78, 5) is 29.4. The molecule has 0 N–H and O–H groups in total. The summed E-state index contributed by atoms with van der Waals surface area (Å²) in [6.45, 7) is 6.14. The minimum atomic E-state index is -0.430. The number of nitrogens with zero attached hydrogens (tertiary/aromatic N) is 4. The van der Waals surface area contributed by atoms with Gasteiger partial charge in [0.05, 0.1) is 17.3 Å². The highest BCUT2D eigenvalue weighted by Gasteiger charge is 2.14. The molecule has 2 aromatic heterocycles. The second-order valence-corrected chi connectivity index (χ2v) is 8.15. The number of esters is 1. The van der Waals surface area contributed by atoms with E-state index in [1.807, 2.05) is 19.9 Å². The van der Waals surface area contributed by atoms with E-state index in [0.717, 1.165) is 29.5 Å². The second kappa shape index (κ2) is 9.17. The van der Waals surface area contributed by atoms with Crippen LogP contribution < -0.4 is 4.80 Å². The number of thiazole rings is 1. The van der Waals surface area contributed by atoms with Gasteiger partial charge in [0.1, 0.15) is 6.54 Å². The van der Waals surface area contributed by atoms with Crippen molar-refractivity contribution < 1.29 is 14.3 Å². The van der Waals surface area contributed by atoms with Crippen LogP contribution in [-0.2, 0) is 22.5 Å². The molecule has 2 heterocycles. The molecule has 0 bridgehead atoms. The molecule has 0 fully saturated rings. The van der Waals surface area contributed by atoms with Crippen molar-refractivity contribution in [1.82, 2.24) is 14.3 Å². The number of carbonyl (C=O) groups excluding carboxylic acids is 2. The van der Waals surface area contributed by atoms with Gasteiger partial charge >= 0.3 is 5.97 Å². The Morgan fingerprint density at radius 1 is 1.28 bits per heavy atom. The Morgan fingerprint density at radius 3 is 2.72 bits per heavy atom. The fraction of sp³-hybridized carbons (Fsp3) is 0.429. The van der Waals surface area contributed by atoms with Gasteiger partial charge in [-0.2, -0.15) is 10.1 Å². The highest BCUT2D eigenvalue weighted by molar-refractivity contribution is 7.16. The van der Waals surface area contributed by atoms with Crippen LogP contribution in [0.25, 0.3) is 10.2 Å². The Hall–Kier alpha value is -2.74. The number of fused-ring (bicyclic) bond motifs is 1. The van der Waals surface area contributed by atoms with Gasteiger partial charge in [-0.1, -0.05) is 30.7 Å². The molecule has 3 aromatic rings. The van der Waals surface area contributed by atoms with Gasteiger partial charge in [-0.15, -0.1) is 0 Å². The summed E-state index contributed by atoms with van der Waals surface area (Å²) in [5.41, 5.74) is 2.38. The lowest BCUT2D eigenvalue weighted by atomic mass is 10.1. The van der Waals surface area contributed by atoms with Crippen LogP contribution in [0.1, 0.15) is 55.7 Å². The van der Waals surface area contributed by atoms with Crippen molar-refractivity contribution in [2.75, 3.05) is 7.11 Å². The summed E-state index contributed by atoms with van der Waals surface area (Å²) in [7, 11) is 1.35. The molecule has 7 nitrogen and oxygen atoms in total. The van der Waals surface area contributed by atoms with E-state index in [4.69, 9.17) is 4.74 Å². The van der Waals surface area contributed by atoms with Crippen LogP contribution in [-0.4, -0.2) is 33.3 Å². The predicted molar refractivity (Wildman–Crippen MR) is 113 cm³/mol. The topological polar surface area (TPSA) is 78.5 Å². The van der Waals surface area contributed by atoms with Crippen LogP contribution >= 0.6 is 11.3 Å². The summed E-state index contributed by atoms with van der Waals surface area (Å²) in [5.74, 6) is -0.821. The van der Waals surface area contributed by atoms with Crippen molar-refractivity contribution in [3.63, 3.8) is 0 Å². The van der Waals surface area contributed by atoms with Crippen LogP contribution in [0.3, 0.4) is 0 Å². The molecule has 8 heteroatoms. The number of hydrogen-bond acceptors (Lipinski definition) is 5. The normalized spacial score (nSPS) is 12.1. The van der Waals surface area contributed by atoms with Crippen LogP contribution in [0.4, 0.5) is 0 Å². The smallest absolute Gasteiger partial charge is 0.325 e. The monoisotopic (exact) mass is 414 g/mol. The van der Waals surface area contributed by atoms with Crippen molar-refractivity contribution in [3.8, 4) is 0 Å². The van der Waals surface area contributed by atoms with Crippen molar-refractivity contribution in [2.24, 2.45) is 4.99 Å². The molecule has 0 aliphatic rings. The maximum absolute atomic E-state index is 12.7. The number of aryl methyl sites for hydroxylation is 1. The number of hydrogen-bond donors (Lipinski definition) is 0. The number of rotatable bonds is 7. The first-order chi connectivity index (χ1) is 13.9. The number of unbranched alkanes of at least 4 members (excludes halogenated alkanes) is 1. The lowest BCUT2D eigenvalue weighted by Crippen LogP contribution is -2.22. The van der Waals surface area contributed by atoms with Crippen LogP contribution in [0.2, 0.25) is 0 Å². The van der Waals surface area contributed by atoms with E-state index < -0.39 is 11.9 Å². The molecule has 0 aliphatic heterocycles. The van der Waals surface area contributed by atoms with Gasteiger partial charge in [0, 0.05) is 12.2 Å². The summed E-state index contributed by atoms with van der Waals surface area (Å²) < 4.78 is 9.26. The summed E-state index contributed by atoms with van der Waals surface area (Å²) in [5, 5.41) is 4.29. The quantitative estimate of drug-likeness (QED) is 0.552. The van der Waals surface area contributed by atoms with Crippen LogP contribution in [0.15, 0.2) is 35.5 Å². The van der Waals surface area contributed by atoms with Gasteiger partial charge < -0.3 is 9.30 Å². The zero-order valence-corrected chi connectivity index (χ0v) is 18.0. The van der Waals surface area contributed by atoms with Gasteiger partial charge in [-0.05, 0) is 50.5 Å². The molecule has 0 atom stereocenters. The Morgan fingerprint density at radius 2 is 2.07 bits per heavy atom. The maximum Gasteiger partial charge on any atom is 0.325 e. The molecule has 29 heavy (non-hydrogen) atoms. The molecule has 0 spiro atoms. The zero-order chi connectivity index (χ0) is 21.0. The van der Waals surface area contributed by atoms with Crippen molar-refractivity contribution >= 4 is 33.4 Å². The number of benzene rings is 1. The molecular weight excluding hydrogens is 388 g/mol. The van der Waals surface area contributed by atoms with E-state index in [-0.39, 0.29) is 18.3 Å². The molecule has 0 saturated heterocycles. The number of carbonyl (C=O) groups is 2. The molecule has 0 radical (unpaired) electrons. The minimum Gasteiger partial charge on any atom is -0.468 e. The molecule has 1 aromatic carbocycles. The first-order valence-corrected chi connectivity index (χ1v) is 10.6. The van der Waals surface area contributed by atoms with Crippen molar-refractivity contribution in [1.29, 1.82) is 0 Å². The van der Waals surface area contributed by atoms with Gasteiger partial charge in [-0.25, -0.2) is 0 Å². The van der Waals surface area contributed by atoms with E-state index in [9.17, 15) is 9.59 Å². The average molecular weight is 415 g/mol. The van der Waals surface area contributed by atoms with Crippen LogP contribution in [0, 0.1) is 0 Å². The largest absolute Gasteiger partial charge is 0.468 e. The number of ether oxygens (including phenoxy) is 1. The predicted octanol–water partition coefficient (Wildman–Crippen LogP) is 3.74. The summed E-state index contributed by atoms with van der Waals surface area (Å²) >= 11 is 1.39. The average Bonchev–Trinajstić information content (AvgIpc) is 3.32. The standard InChI is InChI=1S/C21H26N4O3S/c1-5-6-7-15-8-9-17-18(12-15)29-21(24(17)13-19(26)28-4)22-20(27)16-10-11-25(23-16)14(2)3/h8-12,14H,5-7,13H2,1-4H3. The van der Waals surface area contributed by atoms with Gasteiger partial charge in [0.2, 0.25) is 0 Å². The van der Waals surface area contributed by atoms with E-state index >= 15 is 0 Å². The van der Waals surface area contributed by atoms with Gasteiger partial charge in [-0.3, -0.25) is 14.3 Å². The maximum atomic E-state index is 12.7. The molecule has 1 amide bonds. The minimum absolute atomic E-state index is 0.00262. The Labute approximate surface area is 173 Å². The number of methoxy groups -OCH3 is 1. The van der Waals surface area contributed by atoms with E-state index in [2.05, 4.69) is 29.1 Å². The highest BCUT2D eigenvalue weighted by atomic mass is 32.1. The Bertz CT molecular complexity index is 1090. The summed E-state index contributed by atoms with van der Waals surface area (Å²) in [6.07, 6.45) is 5.01. The van der Waals surface area contributed by atoms with Crippen molar-refractivity contribution in [2.45, 2.75) is 52.6 Å². The molecule has 0 aliphatic carbocycles. The van der Waals surface area contributed by atoms with E-state index in [1.54, 1.807) is 21.5 Å². The Kier molecular flexibility index (Phi) is 6.64.